The first-order chi connectivity index (χ1) is 9.78. The Labute approximate surface area is 126 Å². The van der Waals surface area contributed by atoms with Gasteiger partial charge in [0.05, 0.1) is 4.47 Å². The van der Waals surface area contributed by atoms with Crippen LogP contribution in [0.3, 0.4) is 0 Å². The summed E-state index contributed by atoms with van der Waals surface area (Å²) < 4.78 is 6.97. The topological polar surface area (TPSA) is 26.3 Å². The van der Waals surface area contributed by atoms with E-state index >= 15 is 0 Å². The van der Waals surface area contributed by atoms with E-state index in [-0.39, 0.29) is 6.10 Å². The number of halogens is 1. The molecule has 2 nitrogen and oxygen atoms in total. The molecule has 0 heterocycles. The minimum atomic E-state index is 0.0957. The van der Waals surface area contributed by atoms with Crippen molar-refractivity contribution in [3.8, 4) is 5.75 Å². The van der Waals surface area contributed by atoms with Crippen LogP contribution in [0.5, 0.6) is 5.75 Å². The first-order valence-corrected chi connectivity index (χ1v) is 7.56. The van der Waals surface area contributed by atoms with Gasteiger partial charge in [-0.15, -0.1) is 0 Å². The van der Waals surface area contributed by atoms with Crippen LogP contribution in [-0.2, 0) is 6.42 Å². The van der Waals surface area contributed by atoms with E-state index in [9.17, 15) is 4.79 Å². The second-order valence-electron chi connectivity index (χ2n) is 5.01. The number of aldehydes is 1. The number of fused-ring (bicyclic) bond motifs is 1. The van der Waals surface area contributed by atoms with Crippen molar-refractivity contribution in [1.29, 1.82) is 0 Å². The van der Waals surface area contributed by atoms with Gasteiger partial charge in [-0.05, 0) is 64.5 Å². The highest BCUT2D eigenvalue weighted by atomic mass is 79.9. The lowest BCUT2D eigenvalue weighted by molar-refractivity contribution is 0.112. The lowest BCUT2D eigenvalue weighted by Gasteiger charge is -2.26. The van der Waals surface area contributed by atoms with Crippen molar-refractivity contribution in [3.63, 3.8) is 0 Å². The maximum Gasteiger partial charge on any atom is 0.150 e. The Balaban J connectivity index is 1.87. The average molecular weight is 331 g/mol. The molecule has 0 N–H and O–H groups in total. The second kappa shape index (κ2) is 5.80. The summed E-state index contributed by atoms with van der Waals surface area (Å²) >= 11 is 3.47. The fourth-order valence-electron chi connectivity index (χ4n) is 2.67. The molecule has 0 radical (unpaired) electrons. The molecule has 0 saturated carbocycles. The summed E-state index contributed by atoms with van der Waals surface area (Å²) in [5.41, 5.74) is 3.31. The molecule has 1 unspecified atom stereocenters. The molecule has 0 spiro atoms. The van der Waals surface area contributed by atoms with E-state index < -0.39 is 0 Å². The van der Waals surface area contributed by atoms with Crippen LogP contribution in [0.4, 0.5) is 0 Å². The zero-order valence-corrected chi connectivity index (χ0v) is 12.6. The summed E-state index contributed by atoms with van der Waals surface area (Å²) in [6.07, 6.45) is 4.23. The maximum atomic E-state index is 10.8. The van der Waals surface area contributed by atoms with Gasteiger partial charge in [0.15, 0.2) is 0 Å². The Bertz CT molecular complexity index is 637. The largest absolute Gasteiger partial charge is 0.485 e. The van der Waals surface area contributed by atoms with Gasteiger partial charge in [-0.3, -0.25) is 4.79 Å². The van der Waals surface area contributed by atoms with Gasteiger partial charge >= 0.3 is 0 Å². The van der Waals surface area contributed by atoms with Crippen LogP contribution in [0.15, 0.2) is 46.9 Å². The standard InChI is InChI=1S/C17H15BrO2/c18-15-10-12(11-19)8-9-17(15)20-16-7-3-5-13-4-1-2-6-14(13)16/h1-2,4,6,8-11,16H,3,5,7H2. The summed E-state index contributed by atoms with van der Waals surface area (Å²) in [5.74, 6) is 0.789. The Kier molecular flexibility index (Phi) is 3.88. The molecule has 1 atom stereocenters. The van der Waals surface area contributed by atoms with Gasteiger partial charge in [0.2, 0.25) is 0 Å². The Morgan fingerprint density at radius 2 is 2.05 bits per heavy atom. The van der Waals surface area contributed by atoms with Crippen molar-refractivity contribution in [3.05, 3.63) is 63.6 Å². The molecule has 2 aromatic carbocycles. The fraction of sp³-hybridized carbons (Fsp3) is 0.235. The van der Waals surface area contributed by atoms with Crippen LogP contribution in [0.25, 0.3) is 0 Å². The van der Waals surface area contributed by atoms with Gasteiger partial charge in [0.1, 0.15) is 18.1 Å². The minimum absolute atomic E-state index is 0.0957. The molecule has 20 heavy (non-hydrogen) atoms. The average Bonchev–Trinajstić information content (AvgIpc) is 2.49. The van der Waals surface area contributed by atoms with Crippen LogP contribution in [0, 0.1) is 0 Å². The molecule has 3 heteroatoms. The van der Waals surface area contributed by atoms with Crippen LogP contribution in [-0.4, -0.2) is 6.29 Å². The quantitative estimate of drug-likeness (QED) is 0.761. The number of carbonyl (C=O) groups is 1. The van der Waals surface area contributed by atoms with Gasteiger partial charge in [-0.25, -0.2) is 0 Å². The number of carbonyl (C=O) groups excluding carboxylic acids is 1. The summed E-state index contributed by atoms with van der Waals surface area (Å²) in [6, 6.07) is 13.9. The van der Waals surface area contributed by atoms with Crippen molar-refractivity contribution < 1.29 is 9.53 Å². The predicted molar refractivity (Wildman–Crippen MR) is 82.3 cm³/mol. The van der Waals surface area contributed by atoms with E-state index in [0.717, 1.165) is 35.8 Å². The SMILES string of the molecule is O=Cc1ccc(OC2CCCc3ccccc32)c(Br)c1. The highest BCUT2D eigenvalue weighted by Crippen LogP contribution is 2.36. The molecule has 0 fully saturated rings. The second-order valence-corrected chi connectivity index (χ2v) is 5.86. The summed E-state index contributed by atoms with van der Waals surface area (Å²) in [6.45, 7) is 0. The zero-order chi connectivity index (χ0) is 13.9. The maximum absolute atomic E-state index is 10.8. The van der Waals surface area contributed by atoms with Crippen LogP contribution in [0.1, 0.15) is 40.4 Å². The van der Waals surface area contributed by atoms with Crippen molar-refractivity contribution in [2.24, 2.45) is 0 Å². The third kappa shape index (κ3) is 2.63. The number of hydrogen-bond acceptors (Lipinski definition) is 2. The number of ether oxygens (including phenoxy) is 1. The Morgan fingerprint density at radius 3 is 2.85 bits per heavy atom. The number of aryl methyl sites for hydroxylation is 1. The molecule has 102 valence electrons. The summed E-state index contributed by atoms with van der Waals surface area (Å²) in [7, 11) is 0. The van der Waals surface area contributed by atoms with Crippen molar-refractivity contribution in [2.75, 3.05) is 0 Å². The first kappa shape index (κ1) is 13.4. The number of rotatable bonds is 3. The van der Waals surface area contributed by atoms with E-state index in [1.54, 1.807) is 12.1 Å². The number of hydrogen-bond donors (Lipinski definition) is 0. The van der Waals surface area contributed by atoms with Gasteiger partial charge in [-0.1, -0.05) is 24.3 Å². The Hall–Kier alpha value is -1.61. The van der Waals surface area contributed by atoms with Gasteiger partial charge in [0.25, 0.3) is 0 Å². The lowest BCUT2D eigenvalue weighted by atomic mass is 9.89. The summed E-state index contributed by atoms with van der Waals surface area (Å²) in [5, 5.41) is 0. The highest BCUT2D eigenvalue weighted by Gasteiger charge is 2.21. The van der Waals surface area contributed by atoms with Crippen LogP contribution >= 0.6 is 15.9 Å². The Morgan fingerprint density at radius 1 is 1.20 bits per heavy atom. The molecular formula is C17H15BrO2. The van der Waals surface area contributed by atoms with Gasteiger partial charge in [-0.2, -0.15) is 0 Å². The molecule has 1 aliphatic carbocycles. The van der Waals surface area contributed by atoms with E-state index in [1.807, 2.05) is 6.07 Å². The van der Waals surface area contributed by atoms with Gasteiger partial charge in [0, 0.05) is 5.56 Å². The lowest BCUT2D eigenvalue weighted by Crippen LogP contribution is -2.15. The van der Waals surface area contributed by atoms with E-state index in [1.165, 1.54) is 11.1 Å². The molecular weight excluding hydrogens is 316 g/mol. The molecule has 0 saturated heterocycles. The first-order valence-electron chi connectivity index (χ1n) is 6.77. The molecule has 0 bridgehead atoms. The minimum Gasteiger partial charge on any atom is -0.485 e. The monoisotopic (exact) mass is 330 g/mol. The summed E-state index contributed by atoms with van der Waals surface area (Å²) in [4.78, 5) is 10.8. The molecule has 0 aliphatic heterocycles. The normalized spacial score (nSPS) is 17.4. The molecule has 0 aromatic heterocycles. The van der Waals surface area contributed by atoms with Crippen molar-refractivity contribution in [1.82, 2.24) is 0 Å². The van der Waals surface area contributed by atoms with Crippen molar-refractivity contribution in [2.45, 2.75) is 25.4 Å². The number of benzene rings is 2. The zero-order valence-electron chi connectivity index (χ0n) is 11.0. The smallest absolute Gasteiger partial charge is 0.150 e. The third-order valence-electron chi connectivity index (χ3n) is 3.68. The molecule has 1 aliphatic rings. The van der Waals surface area contributed by atoms with Crippen LogP contribution in [0.2, 0.25) is 0 Å². The molecule has 0 amide bonds. The van der Waals surface area contributed by atoms with E-state index in [2.05, 4.69) is 40.2 Å². The van der Waals surface area contributed by atoms with E-state index in [4.69, 9.17) is 4.74 Å². The predicted octanol–water partition coefficient (Wildman–Crippen LogP) is 4.72. The third-order valence-corrected chi connectivity index (χ3v) is 4.30. The molecule has 2 aromatic rings. The van der Waals surface area contributed by atoms with Crippen LogP contribution < -0.4 is 4.74 Å². The molecule has 3 rings (SSSR count). The van der Waals surface area contributed by atoms with Gasteiger partial charge < -0.3 is 4.74 Å². The fourth-order valence-corrected chi connectivity index (χ4v) is 3.16. The highest BCUT2D eigenvalue weighted by molar-refractivity contribution is 9.10. The van der Waals surface area contributed by atoms with E-state index in [0.29, 0.717) is 5.56 Å². The van der Waals surface area contributed by atoms with Crippen molar-refractivity contribution >= 4 is 22.2 Å².